The molecule has 0 heterocycles. The second kappa shape index (κ2) is 9.64. The molecule has 4 N–H and O–H groups in total. The minimum Gasteiger partial charge on any atom is -0.368 e. The van der Waals surface area contributed by atoms with Crippen LogP contribution in [0, 0.1) is 12.7 Å². The Morgan fingerprint density at radius 3 is 2.14 bits per heavy atom. The fourth-order valence-electron chi connectivity index (χ4n) is 2.92. The van der Waals surface area contributed by atoms with Gasteiger partial charge in [0.05, 0.1) is 0 Å². The van der Waals surface area contributed by atoms with Crippen molar-refractivity contribution in [1.29, 1.82) is 0 Å². The zero-order chi connectivity index (χ0) is 20.7. The number of halogens is 1. The van der Waals surface area contributed by atoms with Crippen molar-refractivity contribution in [1.82, 2.24) is 10.6 Å². The Labute approximate surface area is 163 Å². The van der Waals surface area contributed by atoms with Crippen LogP contribution in [0.25, 0.3) is 0 Å². The number of amides is 3. The third kappa shape index (κ3) is 6.50. The van der Waals surface area contributed by atoms with Crippen molar-refractivity contribution in [2.24, 2.45) is 5.73 Å². The first-order valence-electron chi connectivity index (χ1n) is 8.91. The van der Waals surface area contributed by atoms with Crippen molar-refractivity contribution in [3.63, 3.8) is 0 Å². The highest BCUT2D eigenvalue weighted by atomic mass is 19.1. The second-order valence-corrected chi connectivity index (χ2v) is 6.74. The summed E-state index contributed by atoms with van der Waals surface area (Å²) in [6, 6.07) is 11.4. The molecule has 6 nitrogen and oxygen atoms in total. The molecule has 3 amide bonds. The third-order valence-electron chi connectivity index (χ3n) is 4.21. The summed E-state index contributed by atoms with van der Waals surface area (Å²) in [5.41, 5.74) is 7.87. The number of aryl methyl sites for hydroxylation is 1. The van der Waals surface area contributed by atoms with Crippen LogP contribution in [-0.4, -0.2) is 29.8 Å². The molecule has 0 aliphatic carbocycles. The maximum absolute atomic E-state index is 13.4. The predicted molar refractivity (Wildman–Crippen MR) is 104 cm³/mol. The van der Waals surface area contributed by atoms with Gasteiger partial charge in [0.25, 0.3) is 0 Å². The molecule has 0 unspecified atom stereocenters. The quantitative estimate of drug-likeness (QED) is 0.640. The lowest BCUT2D eigenvalue weighted by Gasteiger charge is -2.22. The van der Waals surface area contributed by atoms with Gasteiger partial charge in [-0.15, -0.1) is 0 Å². The lowest BCUT2D eigenvalue weighted by molar-refractivity contribution is -0.130. The highest BCUT2D eigenvalue weighted by Crippen LogP contribution is 2.09. The number of hydrogen-bond acceptors (Lipinski definition) is 3. The molecule has 0 aliphatic rings. The van der Waals surface area contributed by atoms with Gasteiger partial charge in [-0.05, 0) is 30.2 Å². The van der Waals surface area contributed by atoms with Crippen LogP contribution in [0.3, 0.4) is 0 Å². The van der Waals surface area contributed by atoms with E-state index in [0.29, 0.717) is 5.56 Å². The molecule has 2 atom stereocenters. The molecule has 0 saturated heterocycles. The van der Waals surface area contributed by atoms with Gasteiger partial charge in [0.2, 0.25) is 17.7 Å². The van der Waals surface area contributed by atoms with E-state index in [0.717, 1.165) is 11.1 Å². The molecular weight excluding hydrogens is 361 g/mol. The van der Waals surface area contributed by atoms with Crippen LogP contribution >= 0.6 is 0 Å². The highest BCUT2D eigenvalue weighted by Gasteiger charge is 2.25. The van der Waals surface area contributed by atoms with E-state index in [2.05, 4.69) is 10.6 Å². The van der Waals surface area contributed by atoms with Crippen LogP contribution in [0.5, 0.6) is 0 Å². The maximum Gasteiger partial charge on any atom is 0.243 e. The molecule has 7 heteroatoms. The maximum atomic E-state index is 13.4. The monoisotopic (exact) mass is 385 g/mol. The molecule has 2 rings (SSSR count). The van der Waals surface area contributed by atoms with Crippen molar-refractivity contribution >= 4 is 17.7 Å². The lowest BCUT2D eigenvalue weighted by atomic mass is 10.0. The average Bonchev–Trinajstić information content (AvgIpc) is 2.60. The Bertz CT molecular complexity index is 869. The SMILES string of the molecule is CC(=O)N[C@H](Cc1cccc(F)c1)C(=O)N[C@H](Cc1cccc(C)c1)C(N)=O. The van der Waals surface area contributed by atoms with Crippen LogP contribution in [0.1, 0.15) is 23.6 Å². The van der Waals surface area contributed by atoms with Gasteiger partial charge in [-0.3, -0.25) is 14.4 Å². The Balaban J connectivity index is 2.14. The highest BCUT2D eigenvalue weighted by molar-refractivity contribution is 5.91. The van der Waals surface area contributed by atoms with E-state index in [4.69, 9.17) is 5.73 Å². The van der Waals surface area contributed by atoms with Gasteiger partial charge in [0, 0.05) is 19.8 Å². The summed E-state index contributed by atoms with van der Waals surface area (Å²) in [6.45, 7) is 3.21. The normalized spacial score (nSPS) is 12.7. The van der Waals surface area contributed by atoms with Crippen LogP contribution in [0.15, 0.2) is 48.5 Å². The summed E-state index contributed by atoms with van der Waals surface area (Å²) in [5, 5.41) is 5.14. The van der Waals surface area contributed by atoms with Crippen LogP contribution in [-0.2, 0) is 27.2 Å². The van der Waals surface area contributed by atoms with Crippen molar-refractivity contribution in [2.75, 3.05) is 0 Å². The molecule has 0 radical (unpaired) electrons. The first kappa shape index (κ1) is 21.1. The van der Waals surface area contributed by atoms with Crippen molar-refractivity contribution in [3.05, 3.63) is 71.0 Å². The predicted octanol–water partition coefficient (Wildman–Crippen LogP) is 1.39. The molecular formula is C21H24FN3O3. The molecule has 0 bridgehead atoms. The number of carbonyl (C=O) groups is 3. The number of rotatable bonds is 8. The number of nitrogens with one attached hydrogen (secondary N) is 2. The molecule has 28 heavy (non-hydrogen) atoms. The number of nitrogens with two attached hydrogens (primary N) is 1. The lowest BCUT2D eigenvalue weighted by Crippen LogP contribution is -2.54. The van der Waals surface area contributed by atoms with Crippen molar-refractivity contribution < 1.29 is 18.8 Å². The Hall–Kier alpha value is -3.22. The van der Waals surface area contributed by atoms with E-state index in [1.165, 1.54) is 25.1 Å². The smallest absolute Gasteiger partial charge is 0.243 e. The zero-order valence-electron chi connectivity index (χ0n) is 15.9. The summed E-state index contributed by atoms with van der Waals surface area (Å²) in [7, 11) is 0. The summed E-state index contributed by atoms with van der Waals surface area (Å²) in [4.78, 5) is 36.1. The summed E-state index contributed by atoms with van der Waals surface area (Å²) in [6.07, 6.45) is 0.314. The van der Waals surface area contributed by atoms with E-state index in [1.807, 2.05) is 31.2 Å². The van der Waals surface area contributed by atoms with Gasteiger partial charge in [-0.2, -0.15) is 0 Å². The number of primary amides is 1. The van der Waals surface area contributed by atoms with E-state index in [1.54, 1.807) is 6.07 Å². The number of carbonyl (C=O) groups excluding carboxylic acids is 3. The van der Waals surface area contributed by atoms with Gasteiger partial charge in [0.15, 0.2) is 0 Å². The average molecular weight is 385 g/mol. The topological polar surface area (TPSA) is 101 Å². The van der Waals surface area contributed by atoms with Gasteiger partial charge in [0.1, 0.15) is 17.9 Å². The molecule has 0 spiro atoms. The van der Waals surface area contributed by atoms with Gasteiger partial charge in [-0.1, -0.05) is 42.0 Å². The minimum atomic E-state index is -0.960. The van der Waals surface area contributed by atoms with Crippen LogP contribution < -0.4 is 16.4 Å². The second-order valence-electron chi connectivity index (χ2n) is 6.74. The van der Waals surface area contributed by atoms with Crippen LogP contribution in [0.4, 0.5) is 4.39 Å². The Morgan fingerprint density at radius 2 is 1.57 bits per heavy atom. The van der Waals surface area contributed by atoms with Crippen molar-refractivity contribution in [2.45, 2.75) is 38.8 Å². The largest absolute Gasteiger partial charge is 0.368 e. The standard InChI is InChI=1S/C21H24FN3O3/c1-13-5-3-6-15(9-13)11-18(20(23)27)25-21(28)19(24-14(2)26)12-16-7-4-8-17(22)10-16/h3-10,18-19H,11-12H2,1-2H3,(H2,23,27)(H,24,26)(H,25,28)/t18-,19-/m1/s1. The van der Waals surface area contributed by atoms with E-state index < -0.39 is 35.6 Å². The third-order valence-corrected chi connectivity index (χ3v) is 4.21. The zero-order valence-corrected chi connectivity index (χ0v) is 15.9. The van der Waals surface area contributed by atoms with Crippen LogP contribution in [0.2, 0.25) is 0 Å². The molecule has 2 aromatic carbocycles. The first-order valence-corrected chi connectivity index (χ1v) is 8.91. The molecule has 0 saturated carbocycles. The summed E-state index contributed by atoms with van der Waals surface area (Å²) >= 11 is 0. The Morgan fingerprint density at radius 1 is 0.964 bits per heavy atom. The summed E-state index contributed by atoms with van der Waals surface area (Å²) < 4.78 is 13.4. The first-order chi connectivity index (χ1) is 13.2. The van der Waals surface area contributed by atoms with Crippen molar-refractivity contribution in [3.8, 4) is 0 Å². The fraction of sp³-hybridized carbons (Fsp3) is 0.286. The van der Waals surface area contributed by atoms with E-state index in [-0.39, 0.29) is 12.8 Å². The minimum absolute atomic E-state index is 0.0824. The van der Waals surface area contributed by atoms with E-state index in [9.17, 15) is 18.8 Å². The molecule has 0 aromatic heterocycles. The Kier molecular flexibility index (Phi) is 7.26. The van der Waals surface area contributed by atoms with E-state index >= 15 is 0 Å². The van der Waals surface area contributed by atoms with Gasteiger partial charge in [-0.25, -0.2) is 4.39 Å². The fourth-order valence-corrected chi connectivity index (χ4v) is 2.92. The molecule has 0 fully saturated rings. The number of hydrogen-bond donors (Lipinski definition) is 3. The molecule has 148 valence electrons. The summed E-state index contributed by atoms with van der Waals surface area (Å²) in [5.74, 6) is -2.09. The molecule has 2 aromatic rings. The molecule has 0 aliphatic heterocycles. The van der Waals surface area contributed by atoms with Gasteiger partial charge >= 0.3 is 0 Å². The van der Waals surface area contributed by atoms with Gasteiger partial charge < -0.3 is 16.4 Å². The number of benzene rings is 2.